The number of β-amino-alcohol motifs (C(OH)–C–C–N with tert-alkyl or cyclic N) is 1. The van der Waals surface area contributed by atoms with Crippen molar-refractivity contribution >= 4 is 5.91 Å². The largest absolute Gasteiger partial charge is 0.416 e. The van der Waals surface area contributed by atoms with Crippen molar-refractivity contribution in [2.24, 2.45) is 0 Å². The number of aromatic nitrogens is 1. The van der Waals surface area contributed by atoms with Crippen LogP contribution in [-0.4, -0.2) is 33.7 Å². The van der Waals surface area contributed by atoms with Gasteiger partial charge in [0, 0.05) is 12.6 Å². The number of nitrogens with zero attached hydrogens (tertiary/aromatic N) is 2. The fourth-order valence-electron chi connectivity index (χ4n) is 2.72. The van der Waals surface area contributed by atoms with Gasteiger partial charge in [-0.05, 0) is 24.1 Å². The predicted octanol–water partition coefficient (Wildman–Crippen LogP) is 2.64. The number of benzene rings is 1. The minimum absolute atomic E-state index is 0.0935. The summed E-state index contributed by atoms with van der Waals surface area (Å²) in [5.41, 5.74) is -0.128. The minimum atomic E-state index is -4.41. The number of carbonyl (C=O) groups is 1. The van der Waals surface area contributed by atoms with Crippen LogP contribution in [0.2, 0.25) is 0 Å². The quantitative estimate of drug-likeness (QED) is 0.921. The average molecular weight is 326 g/mol. The van der Waals surface area contributed by atoms with Crippen molar-refractivity contribution < 1.29 is 27.6 Å². The molecule has 5 nitrogen and oxygen atoms in total. The lowest BCUT2D eigenvalue weighted by Crippen LogP contribution is -2.32. The van der Waals surface area contributed by atoms with Gasteiger partial charge in [0.1, 0.15) is 6.26 Å². The summed E-state index contributed by atoms with van der Waals surface area (Å²) in [5, 5.41) is 13.4. The Balaban J connectivity index is 1.86. The van der Waals surface area contributed by atoms with E-state index in [0.29, 0.717) is 5.56 Å². The fraction of sp³-hybridized carbons (Fsp3) is 0.333. The van der Waals surface area contributed by atoms with Gasteiger partial charge in [-0.1, -0.05) is 17.3 Å². The fourth-order valence-corrected chi connectivity index (χ4v) is 2.72. The molecule has 0 unspecified atom stereocenters. The molecule has 122 valence electrons. The Morgan fingerprint density at radius 1 is 1.26 bits per heavy atom. The lowest BCUT2D eigenvalue weighted by Gasteiger charge is -2.24. The highest BCUT2D eigenvalue weighted by Gasteiger charge is 2.37. The van der Waals surface area contributed by atoms with E-state index >= 15 is 0 Å². The highest BCUT2D eigenvalue weighted by atomic mass is 19.4. The number of aliphatic hydroxyl groups is 1. The van der Waals surface area contributed by atoms with Crippen LogP contribution in [0.4, 0.5) is 13.2 Å². The molecule has 3 rings (SSSR count). The van der Waals surface area contributed by atoms with Gasteiger partial charge >= 0.3 is 6.18 Å². The Morgan fingerprint density at radius 3 is 2.52 bits per heavy atom. The van der Waals surface area contributed by atoms with Crippen LogP contribution in [0.25, 0.3) is 0 Å². The second kappa shape index (κ2) is 5.69. The summed E-state index contributed by atoms with van der Waals surface area (Å²) >= 11 is 0. The van der Waals surface area contributed by atoms with Gasteiger partial charge in [-0.2, -0.15) is 13.2 Å². The summed E-state index contributed by atoms with van der Waals surface area (Å²) in [6.07, 6.45) is -3.63. The van der Waals surface area contributed by atoms with E-state index in [4.69, 9.17) is 0 Å². The standard InChI is InChI=1S/C15H13F3N2O3/c16-15(17,18)10-3-1-9(2-4-10)13-7-11(21)8-20(13)14(22)12-5-6-23-19-12/h1-6,11,13,21H,7-8H2/t11-,13+/m0/s1. The van der Waals surface area contributed by atoms with E-state index in [1.54, 1.807) is 0 Å². The van der Waals surface area contributed by atoms with Crippen molar-refractivity contribution in [3.63, 3.8) is 0 Å². The summed E-state index contributed by atoms with van der Waals surface area (Å²) < 4.78 is 42.5. The topological polar surface area (TPSA) is 66.6 Å². The third-order valence-electron chi connectivity index (χ3n) is 3.82. The zero-order valence-corrected chi connectivity index (χ0v) is 11.8. The molecule has 2 atom stereocenters. The number of halogens is 3. The molecular formula is C15H13F3N2O3. The second-order valence-electron chi connectivity index (χ2n) is 5.37. The average Bonchev–Trinajstić information content (AvgIpc) is 3.15. The van der Waals surface area contributed by atoms with Gasteiger partial charge in [-0.15, -0.1) is 0 Å². The molecule has 2 heterocycles. The van der Waals surface area contributed by atoms with Crippen molar-refractivity contribution in [2.75, 3.05) is 6.54 Å². The van der Waals surface area contributed by atoms with Gasteiger partial charge in [0.25, 0.3) is 5.91 Å². The molecule has 0 aliphatic carbocycles. The van der Waals surface area contributed by atoms with E-state index in [2.05, 4.69) is 9.68 Å². The molecule has 23 heavy (non-hydrogen) atoms. The van der Waals surface area contributed by atoms with Gasteiger partial charge in [0.05, 0.1) is 17.7 Å². The first-order valence-electron chi connectivity index (χ1n) is 6.93. The van der Waals surface area contributed by atoms with Crippen LogP contribution < -0.4 is 0 Å². The molecule has 1 aromatic heterocycles. The summed E-state index contributed by atoms with van der Waals surface area (Å²) in [4.78, 5) is 13.8. The molecule has 1 amide bonds. The molecular weight excluding hydrogens is 313 g/mol. The van der Waals surface area contributed by atoms with Crippen LogP contribution in [0.5, 0.6) is 0 Å². The molecule has 0 bridgehead atoms. The number of aliphatic hydroxyl groups excluding tert-OH is 1. The SMILES string of the molecule is O=C(c1ccon1)N1C[C@@H](O)C[C@@H]1c1ccc(C(F)(F)F)cc1. The van der Waals surface area contributed by atoms with Crippen LogP contribution in [0.3, 0.4) is 0 Å². The molecule has 0 spiro atoms. The van der Waals surface area contributed by atoms with Crippen LogP contribution >= 0.6 is 0 Å². The number of carbonyl (C=O) groups excluding carboxylic acids is 1. The van der Waals surface area contributed by atoms with Crippen molar-refractivity contribution in [3.05, 3.63) is 53.4 Å². The van der Waals surface area contributed by atoms with E-state index in [0.717, 1.165) is 12.1 Å². The number of amides is 1. The van der Waals surface area contributed by atoms with Crippen LogP contribution in [0.1, 0.15) is 34.1 Å². The molecule has 1 aliphatic rings. The zero-order valence-electron chi connectivity index (χ0n) is 11.8. The number of rotatable bonds is 2. The first-order valence-corrected chi connectivity index (χ1v) is 6.93. The smallest absolute Gasteiger partial charge is 0.391 e. The van der Waals surface area contributed by atoms with Crippen molar-refractivity contribution in [1.29, 1.82) is 0 Å². The monoisotopic (exact) mass is 326 g/mol. The summed E-state index contributed by atoms with van der Waals surface area (Å²) in [5.74, 6) is -0.430. The Hall–Kier alpha value is -2.35. The third-order valence-corrected chi connectivity index (χ3v) is 3.82. The molecule has 1 aromatic carbocycles. The highest BCUT2D eigenvalue weighted by molar-refractivity contribution is 5.92. The van der Waals surface area contributed by atoms with Crippen LogP contribution in [-0.2, 0) is 6.18 Å². The Labute approximate surface area is 129 Å². The molecule has 1 N–H and O–H groups in total. The maximum atomic E-state index is 12.6. The number of hydrogen-bond donors (Lipinski definition) is 1. The Bertz CT molecular complexity index is 683. The molecule has 8 heteroatoms. The van der Waals surface area contributed by atoms with E-state index in [-0.39, 0.29) is 18.7 Å². The molecule has 1 saturated heterocycles. The zero-order chi connectivity index (χ0) is 16.6. The van der Waals surface area contributed by atoms with Gasteiger partial charge in [0.15, 0.2) is 5.69 Å². The van der Waals surface area contributed by atoms with E-state index in [1.807, 2.05) is 0 Å². The summed E-state index contributed by atoms with van der Waals surface area (Å²) in [6, 6.07) is 5.49. The van der Waals surface area contributed by atoms with E-state index < -0.39 is 29.8 Å². The van der Waals surface area contributed by atoms with Crippen molar-refractivity contribution in [2.45, 2.75) is 24.7 Å². The van der Waals surface area contributed by atoms with Crippen LogP contribution in [0.15, 0.2) is 41.1 Å². The van der Waals surface area contributed by atoms with Crippen molar-refractivity contribution in [1.82, 2.24) is 10.1 Å². The maximum absolute atomic E-state index is 12.6. The van der Waals surface area contributed by atoms with E-state index in [9.17, 15) is 23.1 Å². The normalized spacial score (nSPS) is 21.7. The molecule has 0 saturated carbocycles. The minimum Gasteiger partial charge on any atom is -0.391 e. The summed E-state index contributed by atoms with van der Waals surface area (Å²) in [6.45, 7) is 0.0946. The maximum Gasteiger partial charge on any atom is 0.416 e. The third kappa shape index (κ3) is 3.07. The van der Waals surface area contributed by atoms with Crippen molar-refractivity contribution in [3.8, 4) is 0 Å². The van der Waals surface area contributed by atoms with Crippen LogP contribution in [0, 0.1) is 0 Å². The first-order chi connectivity index (χ1) is 10.9. The molecule has 1 fully saturated rings. The molecule has 0 radical (unpaired) electrons. The Morgan fingerprint density at radius 2 is 1.96 bits per heavy atom. The summed E-state index contributed by atoms with van der Waals surface area (Å²) in [7, 11) is 0. The lowest BCUT2D eigenvalue weighted by atomic mass is 10.0. The number of likely N-dealkylation sites (tertiary alicyclic amines) is 1. The van der Waals surface area contributed by atoms with Gasteiger partial charge in [-0.25, -0.2) is 0 Å². The molecule has 1 aliphatic heterocycles. The predicted molar refractivity (Wildman–Crippen MR) is 72.3 cm³/mol. The molecule has 2 aromatic rings. The highest BCUT2D eigenvalue weighted by Crippen LogP contribution is 2.35. The lowest BCUT2D eigenvalue weighted by molar-refractivity contribution is -0.137. The number of hydrogen-bond acceptors (Lipinski definition) is 4. The van der Waals surface area contributed by atoms with Gasteiger partial charge < -0.3 is 14.5 Å². The van der Waals surface area contributed by atoms with Gasteiger partial charge in [0.2, 0.25) is 0 Å². The number of alkyl halides is 3. The van der Waals surface area contributed by atoms with Gasteiger partial charge in [-0.3, -0.25) is 4.79 Å². The van der Waals surface area contributed by atoms with E-state index in [1.165, 1.54) is 29.4 Å². The second-order valence-corrected chi connectivity index (χ2v) is 5.37. The first kappa shape index (κ1) is 15.5. The Kier molecular flexibility index (Phi) is 3.85.